The van der Waals surface area contributed by atoms with Crippen molar-refractivity contribution in [1.29, 1.82) is 0 Å². The molecule has 0 saturated heterocycles. The van der Waals surface area contributed by atoms with E-state index >= 15 is 0 Å². The molecule has 1 aromatic heterocycles. The molecule has 7 nitrogen and oxygen atoms in total. The molecule has 0 fully saturated rings. The highest BCUT2D eigenvalue weighted by atomic mass is 35.5. The predicted octanol–water partition coefficient (Wildman–Crippen LogP) is 4.40. The number of nitrogens with zero attached hydrogens (tertiary/aromatic N) is 2. The Kier molecular flexibility index (Phi) is 4.94. The van der Waals surface area contributed by atoms with Gasteiger partial charge < -0.3 is 9.15 Å². The second-order valence-corrected chi connectivity index (χ2v) is 5.58. The lowest BCUT2D eigenvalue weighted by atomic mass is 10.2. The Morgan fingerprint density at radius 2 is 2.00 bits per heavy atom. The summed E-state index contributed by atoms with van der Waals surface area (Å²) < 4.78 is 23.2. The molecule has 2 aromatic carbocycles. The summed E-state index contributed by atoms with van der Waals surface area (Å²) in [5, 5.41) is 11.2. The SMILES string of the molecule is O=C(OCc1coc(-c2ccc(F)cc2)n1)c1ccc(Cl)cc1[N+](=O)[O-]. The molecule has 132 valence electrons. The largest absolute Gasteiger partial charge is 0.455 e. The van der Waals surface area contributed by atoms with Gasteiger partial charge in [0.2, 0.25) is 5.89 Å². The van der Waals surface area contributed by atoms with Crippen LogP contribution >= 0.6 is 11.6 Å². The fourth-order valence-electron chi connectivity index (χ4n) is 2.14. The number of halogens is 2. The maximum absolute atomic E-state index is 12.9. The van der Waals surface area contributed by atoms with Gasteiger partial charge in [0.1, 0.15) is 29.9 Å². The van der Waals surface area contributed by atoms with Gasteiger partial charge >= 0.3 is 5.97 Å². The second kappa shape index (κ2) is 7.32. The Hall–Kier alpha value is -3.26. The van der Waals surface area contributed by atoms with Crippen molar-refractivity contribution in [1.82, 2.24) is 4.98 Å². The number of rotatable bonds is 5. The maximum atomic E-state index is 12.9. The molecule has 0 radical (unpaired) electrons. The molecule has 0 bridgehead atoms. The van der Waals surface area contributed by atoms with Gasteiger partial charge in [-0.1, -0.05) is 11.6 Å². The molecule has 0 amide bonds. The minimum absolute atomic E-state index is 0.133. The molecule has 0 unspecified atom stereocenters. The number of benzene rings is 2. The molecule has 3 rings (SSSR count). The number of nitro groups is 1. The molecular weight excluding hydrogens is 367 g/mol. The molecule has 0 atom stereocenters. The zero-order valence-electron chi connectivity index (χ0n) is 13.0. The van der Waals surface area contributed by atoms with E-state index in [1.54, 1.807) is 0 Å². The van der Waals surface area contributed by atoms with Crippen molar-refractivity contribution in [2.45, 2.75) is 6.61 Å². The van der Waals surface area contributed by atoms with Gasteiger partial charge in [-0.25, -0.2) is 14.2 Å². The van der Waals surface area contributed by atoms with E-state index in [9.17, 15) is 19.3 Å². The van der Waals surface area contributed by atoms with Gasteiger partial charge in [-0.3, -0.25) is 10.1 Å². The van der Waals surface area contributed by atoms with Gasteiger partial charge in [-0.15, -0.1) is 0 Å². The number of carbonyl (C=O) groups excluding carboxylic acids is 1. The zero-order valence-corrected chi connectivity index (χ0v) is 13.8. The van der Waals surface area contributed by atoms with Crippen molar-refractivity contribution in [3.63, 3.8) is 0 Å². The summed E-state index contributed by atoms with van der Waals surface area (Å²) >= 11 is 5.71. The number of esters is 1. The van der Waals surface area contributed by atoms with E-state index in [1.807, 2.05) is 0 Å². The second-order valence-electron chi connectivity index (χ2n) is 5.15. The number of oxazole rings is 1. The van der Waals surface area contributed by atoms with Gasteiger partial charge in [0.25, 0.3) is 5.69 Å². The normalized spacial score (nSPS) is 10.5. The monoisotopic (exact) mass is 376 g/mol. The van der Waals surface area contributed by atoms with Gasteiger partial charge in [0.15, 0.2) is 0 Å². The van der Waals surface area contributed by atoms with Crippen LogP contribution in [0.15, 0.2) is 53.1 Å². The number of hydrogen-bond donors (Lipinski definition) is 0. The molecule has 0 aliphatic carbocycles. The summed E-state index contributed by atoms with van der Waals surface area (Å²) in [7, 11) is 0. The van der Waals surface area contributed by atoms with Crippen molar-refractivity contribution < 1.29 is 23.3 Å². The molecule has 0 spiro atoms. The lowest BCUT2D eigenvalue weighted by Crippen LogP contribution is -2.08. The first-order valence-corrected chi connectivity index (χ1v) is 7.63. The van der Waals surface area contributed by atoms with Crippen molar-refractivity contribution in [3.05, 3.63) is 80.9 Å². The lowest BCUT2D eigenvalue weighted by molar-refractivity contribution is -0.385. The third kappa shape index (κ3) is 3.86. The summed E-state index contributed by atoms with van der Waals surface area (Å²) in [6.45, 7) is -0.247. The van der Waals surface area contributed by atoms with E-state index in [0.717, 1.165) is 6.07 Å². The molecule has 0 saturated carbocycles. The molecule has 0 N–H and O–H groups in total. The van der Waals surface area contributed by atoms with Crippen molar-refractivity contribution in [2.75, 3.05) is 0 Å². The van der Waals surface area contributed by atoms with Crippen molar-refractivity contribution in [2.24, 2.45) is 0 Å². The minimum atomic E-state index is -0.889. The smallest absolute Gasteiger partial charge is 0.345 e. The molecule has 3 aromatic rings. The summed E-state index contributed by atoms with van der Waals surface area (Å²) in [5.74, 6) is -1.05. The molecule has 26 heavy (non-hydrogen) atoms. The van der Waals surface area contributed by atoms with Crippen LogP contribution in [0.2, 0.25) is 5.02 Å². The maximum Gasteiger partial charge on any atom is 0.345 e. The highest BCUT2D eigenvalue weighted by Crippen LogP contribution is 2.24. The molecular formula is C17H10ClFN2O5. The van der Waals surface area contributed by atoms with Crippen LogP contribution in [0.5, 0.6) is 0 Å². The summed E-state index contributed by atoms with van der Waals surface area (Å²) in [6.07, 6.45) is 1.28. The Balaban J connectivity index is 1.71. The van der Waals surface area contributed by atoms with Gasteiger partial charge in [-0.2, -0.15) is 0 Å². The summed E-state index contributed by atoms with van der Waals surface area (Å²) in [5.41, 5.74) is 0.183. The summed E-state index contributed by atoms with van der Waals surface area (Å²) in [4.78, 5) is 26.5. The van der Waals surface area contributed by atoms with Crippen LogP contribution in [-0.4, -0.2) is 15.9 Å². The minimum Gasteiger partial charge on any atom is -0.455 e. The number of aromatic nitrogens is 1. The van der Waals surface area contributed by atoms with E-state index < -0.39 is 16.6 Å². The highest BCUT2D eigenvalue weighted by molar-refractivity contribution is 6.31. The van der Waals surface area contributed by atoms with E-state index in [2.05, 4.69) is 4.98 Å². The fourth-order valence-corrected chi connectivity index (χ4v) is 2.31. The number of hydrogen-bond acceptors (Lipinski definition) is 6. The topological polar surface area (TPSA) is 95.5 Å². The first kappa shape index (κ1) is 17.6. The van der Waals surface area contributed by atoms with E-state index in [-0.39, 0.29) is 28.9 Å². The molecule has 1 heterocycles. The van der Waals surface area contributed by atoms with Crippen LogP contribution in [-0.2, 0) is 11.3 Å². The van der Waals surface area contributed by atoms with E-state index in [0.29, 0.717) is 11.3 Å². The van der Waals surface area contributed by atoms with E-state index in [4.69, 9.17) is 20.8 Å². The molecule has 9 heteroatoms. The highest BCUT2D eigenvalue weighted by Gasteiger charge is 2.22. The fraction of sp³-hybridized carbons (Fsp3) is 0.0588. The predicted molar refractivity (Wildman–Crippen MR) is 89.1 cm³/mol. The Labute approximate surface area is 151 Å². The molecule has 0 aliphatic heterocycles. The third-order valence-corrected chi connectivity index (χ3v) is 3.61. The van der Waals surface area contributed by atoms with Crippen LogP contribution in [0.3, 0.4) is 0 Å². The van der Waals surface area contributed by atoms with Gasteiger partial charge in [0, 0.05) is 16.7 Å². The average molecular weight is 377 g/mol. The Bertz CT molecular complexity index is 972. The Morgan fingerprint density at radius 1 is 1.27 bits per heavy atom. The quantitative estimate of drug-likeness (QED) is 0.372. The molecule has 0 aliphatic rings. The Morgan fingerprint density at radius 3 is 2.69 bits per heavy atom. The van der Waals surface area contributed by atoms with Crippen LogP contribution in [0.25, 0.3) is 11.5 Å². The van der Waals surface area contributed by atoms with Gasteiger partial charge in [0.05, 0.1) is 4.92 Å². The van der Waals surface area contributed by atoms with Crippen molar-refractivity contribution in [3.8, 4) is 11.5 Å². The van der Waals surface area contributed by atoms with E-state index in [1.165, 1.54) is 42.7 Å². The van der Waals surface area contributed by atoms with Crippen LogP contribution in [0, 0.1) is 15.9 Å². The first-order valence-electron chi connectivity index (χ1n) is 7.25. The first-order chi connectivity index (χ1) is 12.4. The number of ether oxygens (including phenoxy) is 1. The van der Waals surface area contributed by atoms with Crippen LogP contribution < -0.4 is 0 Å². The van der Waals surface area contributed by atoms with Crippen molar-refractivity contribution >= 4 is 23.3 Å². The zero-order chi connectivity index (χ0) is 18.7. The van der Waals surface area contributed by atoms with Crippen LogP contribution in [0.1, 0.15) is 16.1 Å². The average Bonchev–Trinajstić information content (AvgIpc) is 3.09. The van der Waals surface area contributed by atoms with Crippen LogP contribution in [0.4, 0.5) is 10.1 Å². The third-order valence-electron chi connectivity index (χ3n) is 3.37. The standard InChI is InChI=1S/C17H10ClFN2O5/c18-11-3-6-14(15(7-11)21(23)24)17(22)26-9-13-8-25-16(20-13)10-1-4-12(19)5-2-10/h1-8H,9H2. The summed E-state index contributed by atoms with van der Waals surface area (Å²) in [6, 6.07) is 9.16. The number of carbonyl (C=O) groups is 1. The van der Waals surface area contributed by atoms with Gasteiger partial charge in [-0.05, 0) is 36.4 Å². The lowest BCUT2D eigenvalue weighted by Gasteiger charge is -2.04. The number of nitro benzene ring substituents is 1.